The van der Waals surface area contributed by atoms with E-state index in [1.54, 1.807) is 0 Å². The lowest BCUT2D eigenvalue weighted by molar-refractivity contribution is -0.132. The van der Waals surface area contributed by atoms with Crippen molar-refractivity contribution in [2.75, 3.05) is 13.1 Å². The number of carbonyl (C=O) groups is 1. The van der Waals surface area contributed by atoms with Gasteiger partial charge in [0.15, 0.2) is 0 Å². The third kappa shape index (κ3) is 6.30. The highest BCUT2D eigenvalue weighted by Gasteiger charge is 2.30. The van der Waals surface area contributed by atoms with Crippen LogP contribution in [0.25, 0.3) is 0 Å². The zero-order valence-corrected chi connectivity index (χ0v) is 15.3. The summed E-state index contributed by atoms with van der Waals surface area (Å²) in [6.45, 7) is 5.34. The Hall–Kier alpha value is -0.810. The summed E-state index contributed by atoms with van der Waals surface area (Å²) in [7, 11) is 0. The lowest BCUT2D eigenvalue weighted by Crippen LogP contribution is -2.41. The number of rotatable bonds is 6. The predicted molar refractivity (Wildman–Crippen MR) is 96.1 cm³/mol. The number of ether oxygens (including phenoxy) is 1. The Balaban J connectivity index is 0.00000264. The standard InChI is InChI=1S/C17H25ClN2O2.ClH/c1-17(2,9-12-4-3-5-13(18)8-12)11-20-16(21)15-7-6-14(10-19)22-15;/h3-5,8,14-15H,6-7,9-11,19H2,1-2H3,(H,20,21);1H/t14-,15+;/m1./s1. The fourth-order valence-electron chi connectivity index (χ4n) is 2.77. The quantitative estimate of drug-likeness (QED) is 0.819. The molecule has 0 aromatic heterocycles. The number of hydrogen-bond donors (Lipinski definition) is 2. The van der Waals surface area contributed by atoms with E-state index in [9.17, 15) is 4.79 Å². The minimum absolute atomic E-state index is 0. The highest BCUT2D eigenvalue weighted by Crippen LogP contribution is 2.24. The Morgan fingerprint density at radius 2 is 2.17 bits per heavy atom. The summed E-state index contributed by atoms with van der Waals surface area (Å²) >= 11 is 6.02. The van der Waals surface area contributed by atoms with Gasteiger partial charge < -0.3 is 15.8 Å². The lowest BCUT2D eigenvalue weighted by Gasteiger charge is -2.26. The normalized spacial score (nSPS) is 20.9. The molecule has 1 aromatic carbocycles. The van der Waals surface area contributed by atoms with E-state index in [0.717, 1.165) is 24.3 Å². The smallest absolute Gasteiger partial charge is 0.249 e. The SMILES string of the molecule is CC(C)(CNC(=O)[C@@H]1CC[C@H](CN)O1)Cc1cccc(Cl)c1.Cl. The Morgan fingerprint density at radius 1 is 1.43 bits per heavy atom. The van der Waals surface area contributed by atoms with Gasteiger partial charge in [0.25, 0.3) is 0 Å². The molecule has 1 fully saturated rings. The molecule has 0 aliphatic carbocycles. The average molecular weight is 361 g/mol. The van der Waals surface area contributed by atoms with Gasteiger partial charge in [0.05, 0.1) is 6.10 Å². The average Bonchev–Trinajstić information content (AvgIpc) is 2.93. The van der Waals surface area contributed by atoms with Gasteiger partial charge in [-0.05, 0) is 42.4 Å². The van der Waals surface area contributed by atoms with Crippen molar-refractivity contribution in [1.82, 2.24) is 5.32 Å². The molecule has 1 aliphatic heterocycles. The minimum atomic E-state index is -0.351. The van der Waals surface area contributed by atoms with E-state index < -0.39 is 0 Å². The van der Waals surface area contributed by atoms with Crippen LogP contribution in [0.1, 0.15) is 32.3 Å². The molecule has 0 radical (unpaired) electrons. The number of hydrogen-bond acceptors (Lipinski definition) is 3. The summed E-state index contributed by atoms with van der Waals surface area (Å²) in [6.07, 6.45) is 2.14. The molecule has 1 aliphatic rings. The first-order chi connectivity index (χ1) is 10.4. The highest BCUT2D eigenvalue weighted by molar-refractivity contribution is 6.30. The number of amides is 1. The zero-order chi connectivity index (χ0) is 16.2. The van der Waals surface area contributed by atoms with Gasteiger partial charge >= 0.3 is 0 Å². The van der Waals surface area contributed by atoms with Crippen LogP contribution in [0, 0.1) is 5.41 Å². The van der Waals surface area contributed by atoms with Crippen LogP contribution in [0.5, 0.6) is 0 Å². The Labute approximate surface area is 149 Å². The molecule has 1 aromatic rings. The van der Waals surface area contributed by atoms with Crippen LogP contribution in [0.3, 0.4) is 0 Å². The number of nitrogens with two attached hydrogens (primary N) is 1. The lowest BCUT2D eigenvalue weighted by atomic mass is 9.85. The van der Waals surface area contributed by atoms with E-state index in [1.807, 2.05) is 18.2 Å². The molecule has 23 heavy (non-hydrogen) atoms. The highest BCUT2D eigenvalue weighted by atomic mass is 35.5. The van der Waals surface area contributed by atoms with Crippen molar-refractivity contribution in [2.45, 2.75) is 45.3 Å². The van der Waals surface area contributed by atoms with Crippen LogP contribution in [0.2, 0.25) is 5.02 Å². The third-order valence-corrected chi connectivity index (χ3v) is 4.21. The molecule has 0 unspecified atom stereocenters. The molecule has 1 heterocycles. The van der Waals surface area contributed by atoms with Gasteiger partial charge in [-0.1, -0.05) is 37.6 Å². The second kappa shape index (κ2) is 8.88. The summed E-state index contributed by atoms with van der Waals surface area (Å²) in [5.74, 6) is -0.0323. The Bertz CT molecular complexity index is 523. The van der Waals surface area contributed by atoms with Crippen LogP contribution in [-0.4, -0.2) is 31.2 Å². The molecule has 1 saturated heterocycles. The van der Waals surface area contributed by atoms with Gasteiger partial charge in [0.2, 0.25) is 5.91 Å². The topological polar surface area (TPSA) is 64.4 Å². The first-order valence-corrected chi connectivity index (χ1v) is 8.15. The summed E-state index contributed by atoms with van der Waals surface area (Å²) < 4.78 is 5.62. The molecule has 6 heteroatoms. The molecule has 2 rings (SSSR count). The van der Waals surface area contributed by atoms with Crippen molar-refractivity contribution in [1.29, 1.82) is 0 Å². The van der Waals surface area contributed by atoms with Gasteiger partial charge in [-0.2, -0.15) is 0 Å². The Morgan fingerprint density at radius 3 is 2.78 bits per heavy atom. The first kappa shape index (κ1) is 20.2. The van der Waals surface area contributed by atoms with Crippen LogP contribution in [-0.2, 0) is 16.0 Å². The van der Waals surface area contributed by atoms with Gasteiger partial charge in [-0.15, -0.1) is 12.4 Å². The fourth-order valence-corrected chi connectivity index (χ4v) is 2.99. The largest absolute Gasteiger partial charge is 0.364 e. The van der Waals surface area contributed by atoms with E-state index in [1.165, 1.54) is 5.56 Å². The molecule has 4 nitrogen and oxygen atoms in total. The maximum atomic E-state index is 12.2. The van der Waals surface area contributed by atoms with Gasteiger partial charge in [-0.25, -0.2) is 0 Å². The van der Waals surface area contributed by atoms with Crippen LogP contribution >= 0.6 is 24.0 Å². The zero-order valence-electron chi connectivity index (χ0n) is 13.7. The van der Waals surface area contributed by atoms with Crippen molar-refractivity contribution >= 4 is 29.9 Å². The monoisotopic (exact) mass is 360 g/mol. The predicted octanol–water partition coefficient (Wildman–Crippen LogP) is 2.95. The molecule has 130 valence electrons. The third-order valence-electron chi connectivity index (χ3n) is 3.98. The van der Waals surface area contributed by atoms with Crippen molar-refractivity contribution < 1.29 is 9.53 Å². The van der Waals surface area contributed by atoms with E-state index >= 15 is 0 Å². The molecule has 0 spiro atoms. The second-order valence-electron chi connectivity index (χ2n) is 6.75. The molecule has 2 atom stereocenters. The molecule has 0 bridgehead atoms. The van der Waals surface area contributed by atoms with Crippen LogP contribution in [0.15, 0.2) is 24.3 Å². The number of nitrogens with one attached hydrogen (secondary N) is 1. The van der Waals surface area contributed by atoms with Gasteiger partial charge in [-0.3, -0.25) is 4.79 Å². The second-order valence-corrected chi connectivity index (χ2v) is 7.18. The van der Waals surface area contributed by atoms with Gasteiger partial charge in [0, 0.05) is 18.1 Å². The van der Waals surface area contributed by atoms with E-state index in [-0.39, 0.29) is 35.9 Å². The number of carbonyl (C=O) groups excluding carboxylic acids is 1. The fraction of sp³-hybridized carbons (Fsp3) is 0.588. The molecule has 0 saturated carbocycles. The van der Waals surface area contributed by atoms with Crippen LogP contribution < -0.4 is 11.1 Å². The van der Waals surface area contributed by atoms with Crippen molar-refractivity contribution in [3.63, 3.8) is 0 Å². The van der Waals surface area contributed by atoms with Crippen molar-refractivity contribution in [3.8, 4) is 0 Å². The summed E-state index contributed by atoms with van der Waals surface area (Å²) in [5, 5.41) is 3.75. The van der Waals surface area contributed by atoms with Gasteiger partial charge in [0.1, 0.15) is 6.10 Å². The molecular formula is C17H26Cl2N2O2. The summed E-state index contributed by atoms with van der Waals surface area (Å²) in [5.41, 5.74) is 6.69. The van der Waals surface area contributed by atoms with E-state index in [0.29, 0.717) is 13.1 Å². The van der Waals surface area contributed by atoms with E-state index in [4.69, 9.17) is 22.1 Å². The maximum Gasteiger partial charge on any atom is 0.249 e. The summed E-state index contributed by atoms with van der Waals surface area (Å²) in [6, 6.07) is 7.84. The number of benzene rings is 1. The molecular weight excluding hydrogens is 335 g/mol. The minimum Gasteiger partial charge on any atom is -0.364 e. The van der Waals surface area contributed by atoms with E-state index in [2.05, 4.69) is 25.2 Å². The molecule has 1 amide bonds. The molecule has 3 N–H and O–H groups in total. The Kier molecular flexibility index (Phi) is 7.81. The van der Waals surface area contributed by atoms with Crippen molar-refractivity contribution in [2.24, 2.45) is 11.1 Å². The maximum absolute atomic E-state index is 12.2. The first-order valence-electron chi connectivity index (χ1n) is 7.77. The number of halogens is 2. The summed E-state index contributed by atoms with van der Waals surface area (Å²) in [4.78, 5) is 12.2. The van der Waals surface area contributed by atoms with Crippen LogP contribution in [0.4, 0.5) is 0 Å². The van der Waals surface area contributed by atoms with Crippen molar-refractivity contribution in [3.05, 3.63) is 34.9 Å².